The molecule has 0 aromatic carbocycles. The SMILES string of the molecule is COC1OC(C(O)C(C)(C)O)CC1C1CC=C2C1(C)CCC1C3(C)C=CC(=O)C(C)(C)C3CC(O)C21C. The minimum Gasteiger partial charge on any atom is -0.392 e. The second-order valence-electron chi connectivity index (χ2n) is 14.6. The number of methoxy groups -OCH3 is 1. The van der Waals surface area contributed by atoms with Crippen molar-refractivity contribution in [2.75, 3.05) is 7.11 Å². The Kier molecular flexibility index (Phi) is 6.30. The Morgan fingerprint density at radius 3 is 2.43 bits per heavy atom. The molecule has 2 saturated carbocycles. The van der Waals surface area contributed by atoms with Gasteiger partial charge in [-0.15, -0.1) is 0 Å². The van der Waals surface area contributed by atoms with Gasteiger partial charge in [0, 0.05) is 23.9 Å². The quantitative estimate of drug-likeness (QED) is 0.479. The molecule has 0 amide bonds. The molecule has 5 rings (SSSR count). The molecule has 1 aliphatic heterocycles. The molecule has 1 saturated heterocycles. The van der Waals surface area contributed by atoms with Gasteiger partial charge in [0.1, 0.15) is 6.10 Å². The zero-order valence-electron chi connectivity index (χ0n) is 24.0. The van der Waals surface area contributed by atoms with Gasteiger partial charge in [0.25, 0.3) is 0 Å². The molecule has 0 radical (unpaired) electrons. The Morgan fingerprint density at radius 2 is 1.81 bits per heavy atom. The molecule has 0 aromatic heterocycles. The van der Waals surface area contributed by atoms with Crippen LogP contribution in [0.4, 0.5) is 0 Å². The largest absolute Gasteiger partial charge is 0.392 e. The summed E-state index contributed by atoms with van der Waals surface area (Å²) in [5, 5.41) is 33.1. The maximum atomic E-state index is 12.8. The predicted octanol–water partition coefficient (Wildman–Crippen LogP) is 4.42. The first-order chi connectivity index (χ1) is 17.0. The van der Waals surface area contributed by atoms with E-state index in [9.17, 15) is 20.1 Å². The van der Waals surface area contributed by atoms with Crippen molar-refractivity contribution in [1.82, 2.24) is 0 Å². The Morgan fingerprint density at radius 1 is 1.14 bits per heavy atom. The summed E-state index contributed by atoms with van der Waals surface area (Å²) in [6.45, 7) is 14.3. The summed E-state index contributed by atoms with van der Waals surface area (Å²) >= 11 is 0. The number of fused-ring (bicyclic) bond motifs is 5. The van der Waals surface area contributed by atoms with Gasteiger partial charge in [0.15, 0.2) is 12.1 Å². The fraction of sp³-hybridized carbons (Fsp3) is 0.839. The van der Waals surface area contributed by atoms with Gasteiger partial charge in [-0.05, 0) is 80.6 Å². The fourth-order valence-corrected chi connectivity index (χ4v) is 9.90. The van der Waals surface area contributed by atoms with E-state index in [-0.39, 0.29) is 45.7 Å². The van der Waals surface area contributed by atoms with E-state index in [1.165, 1.54) is 5.57 Å². The van der Waals surface area contributed by atoms with Gasteiger partial charge in [-0.2, -0.15) is 0 Å². The molecule has 3 fully saturated rings. The van der Waals surface area contributed by atoms with E-state index >= 15 is 0 Å². The van der Waals surface area contributed by atoms with Crippen LogP contribution in [0, 0.1) is 45.3 Å². The highest BCUT2D eigenvalue weighted by Gasteiger charge is 2.68. The first-order valence-electron chi connectivity index (χ1n) is 14.2. The molecule has 3 N–H and O–H groups in total. The average molecular weight is 517 g/mol. The number of hydrogen-bond donors (Lipinski definition) is 3. The van der Waals surface area contributed by atoms with Crippen molar-refractivity contribution < 1.29 is 29.6 Å². The van der Waals surface area contributed by atoms with Crippen LogP contribution in [0.1, 0.15) is 80.6 Å². The molecule has 0 aromatic rings. The Balaban J connectivity index is 1.47. The first kappa shape index (κ1) is 27.5. The smallest absolute Gasteiger partial charge is 0.161 e. The normalized spacial score (nSPS) is 49.8. The molecule has 11 atom stereocenters. The minimum atomic E-state index is -1.26. The molecule has 208 valence electrons. The zero-order valence-corrected chi connectivity index (χ0v) is 24.0. The predicted molar refractivity (Wildman–Crippen MR) is 141 cm³/mol. The number of hydrogen-bond acceptors (Lipinski definition) is 6. The second kappa shape index (κ2) is 8.47. The third kappa shape index (κ3) is 3.65. The first-order valence-corrected chi connectivity index (χ1v) is 14.2. The van der Waals surface area contributed by atoms with E-state index in [2.05, 4.69) is 46.8 Å². The van der Waals surface area contributed by atoms with Crippen LogP contribution in [-0.2, 0) is 14.3 Å². The molecule has 6 heteroatoms. The summed E-state index contributed by atoms with van der Waals surface area (Å²) in [4.78, 5) is 12.8. The number of allylic oxidation sites excluding steroid dienone is 3. The molecule has 11 unspecified atom stereocenters. The molecule has 1 heterocycles. The van der Waals surface area contributed by atoms with Crippen molar-refractivity contribution in [3.05, 3.63) is 23.8 Å². The lowest BCUT2D eigenvalue weighted by Crippen LogP contribution is -2.63. The Labute approximate surface area is 222 Å². The number of aliphatic hydroxyl groups is 3. The van der Waals surface area contributed by atoms with Crippen LogP contribution in [0.5, 0.6) is 0 Å². The van der Waals surface area contributed by atoms with Gasteiger partial charge in [-0.25, -0.2) is 0 Å². The monoisotopic (exact) mass is 516 g/mol. The van der Waals surface area contributed by atoms with Crippen molar-refractivity contribution in [2.24, 2.45) is 45.3 Å². The highest BCUT2D eigenvalue weighted by Crippen LogP contribution is 2.72. The van der Waals surface area contributed by atoms with Gasteiger partial charge in [-0.3, -0.25) is 4.79 Å². The van der Waals surface area contributed by atoms with Crippen molar-refractivity contribution >= 4 is 5.78 Å². The highest BCUT2D eigenvalue weighted by molar-refractivity contribution is 5.95. The van der Waals surface area contributed by atoms with Gasteiger partial charge in [-0.1, -0.05) is 52.3 Å². The molecule has 5 aliphatic rings. The number of carbonyl (C=O) groups excluding carboxylic acids is 1. The third-order valence-electron chi connectivity index (χ3n) is 12.0. The Hall–Kier alpha value is -1.05. The molecular formula is C31H48O6. The van der Waals surface area contributed by atoms with Gasteiger partial charge >= 0.3 is 0 Å². The van der Waals surface area contributed by atoms with E-state index in [1.54, 1.807) is 27.0 Å². The summed E-state index contributed by atoms with van der Waals surface area (Å²) in [5.41, 5.74) is -1.02. The minimum absolute atomic E-state index is 0.0844. The van der Waals surface area contributed by atoms with Crippen molar-refractivity contribution in [3.63, 3.8) is 0 Å². The summed E-state index contributed by atoms with van der Waals surface area (Å²) in [5.74, 6) is 0.875. The van der Waals surface area contributed by atoms with Crippen LogP contribution in [-0.4, -0.2) is 58.4 Å². The zero-order chi connectivity index (χ0) is 27.3. The van der Waals surface area contributed by atoms with Gasteiger partial charge in [0.05, 0.1) is 17.8 Å². The molecule has 0 bridgehead atoms. The van der Waals surface area contributed by atoms with Crippen molar-refractivity contribution in [3.8, 4) is 0 Å². The number of carbonyl (C=O) groups is 1. The number of ether oxygens (including phenoxy) is 2. The topological polar surface area (TPSA) is 96.2 Å². The summed E-state index contributed by atoms with van der Waals surface area (Å²) in [7, 11) is 1.66. The van der Waals surface area contributed by atoms with Gasteiger partial charge in [0.2, 0.25) is 0 Å². The lowest BCUT2D eigenvalue weighted by molar-refractivity contribution is -0.186. The molecule has 0 spiro atoms. The average Bonchev–Trinajstić information content (AvgIpc) is 3.38. The lowest BCUT2D eigenvalue weighted by Gasteiger charge is -2.66. The standard InChI is InChI=1S/C31H48O6/c1-27(2)22-16-24(33)31(7)20-10-9-18(17-15-19(37-26(17)36-8)25(34)28(3,4)35)29(20,5)13-11-21(31)30(22,6)14-12-23(27)32/h10,12,14,17-19,21-22,24-26,33-35H,9,11,13,15-16H2,1-8H3. The highest BCUT2D eigenvalue weighted by atomic mass is 16.7. The number of rotatable bonds is 4. The van der Waals surface area contributed by atoms with Crippen LogP contribution >= 0.6 is 0 Å². The maximum Gasteiger partial charge on any atom is 0.161 e. The summed E-state index contributed by atoms with van der Waals surface area (Å²) in [6, 6.07) is 0. The summed E-state index contributed by atoms with van der Waals surface area (Å²) < 4.78 is 12.0. The number of aliphatic hydroxyl groups excluding tert-OH is 2. The van der Waals surface area contributed by atoms with E-state index in [0.717, 1.165) is 19.3 Å². The lowest BCUT2D eigenvalue weighted by atomic mass is 9.38. The molecular weight excluding hydrogens is 468 g/mol. The van der Waals surface area contributed by atoms with Crippen LogP contribution in [0.2, 0.25) is 0 Å². The maximum absolute atomic E-state index is 12.8. The van der Waals surface area contributed by atoms with Crippen LogP contribution in [0.3, 0.4) is 0 Å². The van der Waals surface area contributed by atoms with Crippen molar-refractivity contribution in [2.45, 2.75) is 111 Å². The summed E-state index contributed by atoms with van der Waals surface area (Å²) in [6.07, 6.45) is 8.07. The van der Waals surface area contributed by atoms with E-state index < -0.39 is 35.6 Å². The van der Waals surface area contributed by atoms with Crippen LogP contribution < -0.4 is 0 Å². The van der Waals surface area contributed by atoms with E-state index in [4.69, 9.17) is 9.47 Å². The Bertz CT molecular complexity index is 1010. The van der Waals surface area contributed by atoms with Crippen LogP contribution in [0.15, 0.2) is 23.8 Å². The van der Waals surface area contributed by atoms with E-state index in [0.29, 0.717) is 12.8 Å². The molecule has 6 nitrogen and oxygen atoms in total. The third-order valence-corrected chi connectivity index (χ3v) is 12.0. The second-order valence-corrected chi connectivity index (χ2v) is 14.6. The van der Waals surface area contributed by atoms with Crippen molar-refractivity contribution in [1.29, 1.82) is 0 Å². The van der Waals surface area contributed by atoms with E-state index in [1.807, 2.05) is 0 Å². The fourth-order valence-electron chi connectivity index (χ4n) is 9.90. The molecule has 4 aliphatic carbocycles. The number of ketones is 1. The molecule has 37 heavy (non-hydrogen) atoms. The van der Waals surface area contributed by atoms with Crippen LogP contribution in [0.25, 0.3) is 0 Å². The van der Waals surface area contributed by atoms with Gasteiger partial charge < -0.3 is 24.8 Å².